The Labute approximate surface area is 124 Å². The maximum atomic E-state index is 4.14. The van der Waals surface area contributed by atoms with Crippen LogP contribution in [0.1, 0.15) is 5.56 Å². The van der Waals surface area contributed by atoms with Crippen molar-refractivity contribution < 1.29 is 0 Å². The fraction of sp³-hybridized carbons (Fsp3) is 0.0769. The van der Waals surface area contributed by atoms with Crippen LogP contribution in [0.25, 0.3) is 5.69 Å². The van der Waals surface area contributed by atoms with Gasteiger partial charge in [-0.3, -0.25) is 4.98 Å². The van der Waals surface area contributed by atoms with Gasteiger partial charge in [0.25, 0.3) is 0 Å². The normalized spacial score (nSPS) is 10.4. The van der Waals surface area contributed by atoms with Gasteiger partial charge in [-0.25, -0.2) is 0 Å². The molecule has 3 aromatic rings. The zero-order chi connectivity index (χ0) is 13.8. The van der Waals surface area contributed by atoms with E-state index in [-0.39, 0.29) is 0 Å². The highest BCUT2D eigenvalue weighted by Crippen LogP contribution is 2.19. The second-order valence-corrected chi connectivity index (χ2v) is 5.05. The summed E-state index contributed by atoms with van der Waals surface area (Å²) < 4.78 is 2.59. The molecule has 0 aliphatic rings. The third-order valence-corrected chi connectivity index (χ3v) is 3.18. The van der Waals surface area contributed by atoms with Gasteiger partial charge in [0.1, 0.15) is 6.33 Å². The van der Waals surface area contributed by atoms with Crippen LogP contribution in [0.3, 0.4) is 0 Å². The van der Waals surface area contributed by atoms with E-state index in [0.29, 0.717) is 6.54 Å². The van der Waals surface area contributed by atoms with Gasteiger partial charge in [-0.2, -0.15) is 4.68 Å². The fourth-order valence-electron chi connectivity index (χ4n) is 1.84. The highest BCUT2D eigenvalue weighted by atomic mass is 79.9. The largest absolute Gasteiger partial charge is 0.379 e. The quantitative estimate of drug-likeness (QED) is 0.795. The second-order valence-electron chi connectivity index (χ2n) is 4.14. The van der Waals surface area contributed by atoms with Gasteiger partial charge in [0.2, 0.25) is 0 Å². The lowest BCUT2D eigenvalue weighted by Crippen LogP contribution is -2.05. The van der Waals surface area contributed by atoms with E-state index in [9.17, 15) is 0 Å². The number of benzene rings is 1. The first-order valence-corrected chi connectivity index (χ1v) is 6.78. The number of pyridine rings is 1. The predicted molar refractivity (Wildman–Crippen MR) is 78.4 cm³/mol. The van der Waals surface area contributed by atoms with Crippen LogP contribution in [0.4, 0.5) is 5.69 Å². The molecule has 0 spiro atoms. The number of nitrogens with one attached hydrogen (secondary N) is 1. The highest BCUT2D eigenvalue weighted by Gasteiger charge is 2.05. The third kappa shape index (κ3) is 2.83. The van der Waals surface area contributed by atoms with Gasteiger partial charge in [0, 0.05) is 23.4 Å². The molecule has 3 rings (SSSR count). The number of hydrogen-bond donors (Lipinski definition) is 1. The van der Waals surface area contributed by atoms with Gasteiger partial charge < -0.3 is 5.32 Å². The number of anilines is 1. The molecular formula is C13H11BrN6. The molecule has 20 heavy (non-hydrogen) atoms. The highest BCUT2D eigenvalue weighted by molar-refractivity contribution is 9.10. The van der Waals surface area contributed by atoms with E-state index in [1.807, 2.05) is 36.5 Å². The number of aromatic nitrogens is 5. The van der Waals surface area contributed by atoms with Crippen molar-refractivity contribution in [2.45, 2.75) is 6.54 Å². The molecule has 1 aromatic carbocycles. The van der Waals surface area contributed by atoms with Gasteiger partial charge in [-0.1, -0.05) is 12.1 Å². The Morgan fingerprint density at radius 2 is 2.10 bits per heavy atom. The van der Waals surface area contributed by atoms with E-state index in [4.69, 9.17) is 0 Å². The van der Waals surface area contributed by atoms with Crippen molar-refractivity contribution in [3.05, 3.63) is 59.1 Å². The van der Waals surface area contributed by atoms with Crippen molar-refractivity contribution in [3.8, 4) is 5.69 Å². The van der Waals surface area contributed by atoms with Crippen molar-refractivity contribution in [2.75, 3.05) is 5.32 Å². The summed E-state index contributed by atoms with van der Waals surface area (Å²) in [7, 11) is 0. The van der Waals surface area contributed by atoms with Gasteiger partial charge in [-0.05, 0) is 50.1 Å². The van der Waals surface area contributed by atoms with Crippen molar-refractivity contribution in [3.63, 3.8) is 0 Å². The number of halogens is 1. The van der Waals surface area contributed by atoms with Gasteiger partial charge >= 0.3 is 0 Å². The molecule has 0 aliphatic carbocycles. The molecule has 0 atom stereocenters. The van der Waals surface area contributed by atoms with Crippen LogP contribution in [0.2, 0.25) is 0 Å². The standard InChI is InChI=1S/C13H11BrN6/c14-11-5-10(6-15-8-11)7-16-12-3-1-2-4-13(12)20-9-17-18-19-20/h1-6,8-9,16H,7H2. The Morgan fingerprint density at radius 3 is 2.90 bits per heavy atom. The zero-order valence-electron chi connectivity index (χ0n) is 10.4. The zero-order valence-corrected chi connectivity index (χ0v) is 12.0. The summed E-state index contributed by atoms with van der Waals surface area (Å²) in [6.07, 6.45) is 5.16. The van der Waals surface area contributed by atoms with Crippen molar-refractivity contribution in [2.24, 2.45) is 0 Å². The van der Waals surface area contributed by atoms with Gasteiger partial charge in [0.15, 0.2) is 0 Å². The molecule has 0 unspecified atom stereocenters. The monoisotopic (exact) mass is 330 g/mol. The molecule has 0 aliphatic heterocycles. The van der Waals surface area contributed by atoms with E-state index in [2.05, 4.69) is 41.8 Å². The molecule has 0 fully saturated rings. The molecule has 100 valence electrons. The van der Waals surface area contributed by atoms with E-state index < -0.39 is 0 Å². The van der Waals surface area contributed by atoms with Gasteiger partial charge in [0.05, 0.1) is 11.4 Å². The summed E-state index contributed by atoms with van der Waals surface area (Å²) in [5.41, 5.74) is 2.95. The lowest BCUT2D eigenvalue weighted by Gasteiger charge is -2.11. The molecule has 0 amide bonds. The minimum Gasteiger partial charge on any atom is -0.379 e. The fourth-order valence-corrected chi connectivity index (χ4v) is 2.26. The molecular weight excluding hydrogens is 320 g/mol. The predicted octanol–water partition coefficient (Wildman–Crippen LogP) is 2.43. The summed E-state index contributed by atoms with van der Waals surface area (Å²) >= 11 is 3.41. The summed E-state index contributed by atoms with van der Waals surface area (Å²) in [4.78, 5) is 4.14. The van der Waals surface area contributed by atoms with Crippen molar-refractivity contribution in [1.29, 1.82) is 0 Å². The van der Waals surface area contributed by atoms with E-state index >= 15 is 0 Å². The number of hydrogen-bond acceptors (Lipinski definition) is 5. The Morgan fingerprint density at radius 1 is 1.20 bits per heavy atom. The SMILES string of the molecule is Brc1cncc(CNc2ccccc2-n2cnnn2)c1. The lowest BCUT2D eigenvalue weighted by atomic mass is 10.2. The van der Waals surface area contributed by atoms with Crippen LogP contribution < -0.4 is 5.32 Å². The molecule has 2 heterocycles. The van der Waals surface area contributed by atoms with E-state index in [1.54, 1.807) is 17.2 Å². The number of nitrogens with zero attached hydrogens (tertiary/aromatic N) is 5. The van der Waals surface area contributed by atoms with Gasteiger partial charge in [-0.15, -0.1) is 5.10 Å². The smallest absolute Gasteiger partial charge is 0.143 e. The van der Waals surface area contributed by atoms with Crippen LogP contribution >= 0.6 is 15.9 Å². The van der Waals surface area contributed by atoms with Crippen LogP contribution in [-0.4, -0.2) is 25.2 Å². The van der Waals surface area contributed by atoms with Crippen molar-refractivity contribution >= 4 is 21.6 Å². The maximum absolute atomic E-state index is 4.14. The topological polar surface area (TPSA) is 68.5 Å². The van der Waals surface area contributed by atoms with Crippen LogP contribution in [0.5, 0.6) is 0 Å². The summed E-state index contributed by atoms with van der Waals surface area (Å²) in [5.74, 6) is 0. The summed E-state index contributed by atoms with van der Waals surface area (Å²) in [6, 6.07) is 9.89. The number of para-hydroxylation sites is 2. The Balaban J connectivity index is 1.81. The average Bonchev–Trinajstić information content (AvgIpc) is 3.00. The minimum atomic E-state index is 0.672. The number of rotatable bonds is 4. The third-order valence-electron chi connectivity index (χ3n) is 2.74. The lowest BCUT2D eigenvalue weighted by molar-refractivity contribution is 0.789. The minimum absolute atomic E-state index is 0.672. The first kappa shape index (κ1) is 12.7. The molecule has 7 heteroatoms. The van der Waals surface area contributed by atoms with Crippen LogP contribution in [0.15, 0.2) is 53.5 Å². The molecule has 2 aromatic heterocycles. The Bertz CT molecular complexity index is 698. The Kier molecular flexibility index (Phi) is 3.69. The molecule has 6 nitrogen and oxygen atoms in total. The Hall–Kier alpha value is -2.28. The first-order valence-electron chi connectivity index (χ1n) is 5.98. The van der Waals surface area contributed by atoms with E-state index in [0.717, 1.165) is 21.4 Å². The molecule has 1 N–H and O–H groups in total. The molecule has 0 bridgehead atoms. The van der Waals surface area contributed by atoms with Crippen LogP contribution in [0, 0.1) is 0 Å². The molecule has 0 radical (unpaired) electrons. The average molecular weight is 331 g/mol. The number of tetrazole rings is 1. The first-order chi connectivity index (χ1) is 9.83. The summed E-state index contributed by atoms with van der Waals surface area (Å²) in [5, 5.41) is 14.6. The molecule has 0 saturated carbocycles. The van der Waals surface area contributed by atoms with E-state index in [1.165, 1.54) is 0 Å². The maximum Gasteiger partial charge on any atom is 0.143 e. The summed E-state index contributed by atoms with van der Waals surface area (Å²) in [6.45, 7) is 0.672. The second kappa shape index (κ2) is 5.79. The van der Waals surface area contributed by atoms with Crippen LogP contribution in [-0.2, 0) is 6.54 Å². The molecule has 0 saturated heterocycles. The van der Waals surface area contributed by atoms with Crippen molar-refractivity contribution in [1.82, 2.24) is 25.2 Å².